The molecule has 0 aliphatic carbocycles. The molecule has 0 saturated carbocycles. The summed E-state index contributed by atoms with van der Waals surface area (Å²) in [6, 6.07) is 64.7. The summed E-state index contributed by atoms with van der Waals surface area (Å²) in [5, 5.41) is 1.04. The van der Waals surface area contributed by atoms with Crippen molar-refractivity contribution in [1.29, 1.82) is 0 Å². The van der Waals surface area contributed by atoms with Crippen LogP contribution in [0.4, 0.5) is 51.2 Å². The van der Waals surface area contributed by atoms with Crippen molar-refractivity contribution < 1.29 is 0 Å². The Kier molecular flexibility index (Phi) is 12.0. The lowest BCUT2D eigenvalue weighted by molar-refractivity contribution is 0.568. The van der Waals surface area contributed by atoms with Gasteiger partial charge in [0.1, 0.15) is 5.01 Å². The fourth-order valence-electron chi connectivity index (χ4n) is 11.1. The molecule has 0 atom stereocenters. The Labute approximate surface area is 452 Å². The molecule has 75 heavy (non-hydrogen) atoms. The lowest BCUT2D eigenvalue weighted by Gasteiger charge is -2.45. The number of fused-ring (bicyclic) bond motifs is 5. The molecule has 378 valence electrons. The van der Waals surface area contributed by atoms with E-state index >= 15 is 0 Å². The van der Waals surface area contributed by atoms with Crippen LogP contribution in [-0.2, 0) is 27.1 Å². The smallest absolute Gasteiger partial charge is 0.252 e. The maximum atomic E-state index is 5.52. The zero-order valence-corrected chi connectivity index (χ0v) is 47.8. The Bertz CT molecular complexity index is 3540. The molecule has 0 amide bonds. The Balaban J connectivity index is 1.25. The summed E-state index contributed by atoms with van der Waals surface area (Å²) < 4.78 is 1.18. The van der Waals surface area contributed by atoms with Gasteiger partial charge in [-0.25, -0.2) is 4.98 Å². The number of anilines is 9. The van der Waals surface area contributed by atoms with Crippen molar-refractivity contribution >= 4 is 95.8 Å². The van der Waals surface area contributed by atoms with Gasteiger partial charge in [0.15, 0.2) is 0 Å². The first-order valence-electron chi connectivity index (χ1n) is 27.0. The molecule has 6 heteroatoms. The van der Waals surface area contributed by atoms with Crippen molar-refractivity contribution in [2.75, 3.05) is 14.7 Å². The first-order chi connectivity index (χ1) is 35.3. The van der Waals surface area contributed by atoms with Crippen molar-refractivity contribution in [2.45, 2.75) is 131 Å². The topological polar surface area (TPSA) is 22.6 Å². The maximum Gasteiger partial charge on any atom is 0.252 e. The number of nitrogens with zero attached hydrogens (tertiary/aromatic N) is 4. The maximum absolute atomic E-state index is 5.52. The predicted molar refractivity (Wildman–Crippen MR) is 327 cm³/mol. The molecule has 0 radical (unpaired) electrons. The number of thiazole rings is 1. The van der Waals surface area contributed by atoms with E-state index in [1.807, 2.05) is 0 Å². The third-order valence-electron chi connectivity index (χ3n) is 15.6. The highest BCUT2D eigenvalue weighted by atomic mass is 32.1. The van der Waals surface area contributed by atoms with E-state index in [1.165, 1.54) is 77.3 Å². The number of aromatic nitrogens is 1. The first-order valence-corrected chi connectivity index (χ1v) is 27.8. The summed E-state index contributed by atoms with van der Waals surface area (Å²) in [5.74, 6) is 0. The lowest BCUT2D eigenvalue weighted by Crippen LogP contribution is -2.61. The van der Waals surface area contributed by atoms with E-state index in [4.69, 9.17) is 4.98 Å². The molecule has 0 spiro atoms. The highest BCUT2D eigenvalue weighted by Gasteiger charge is 2.45. The summed E-state index contributed by atoms with van der Waals surface area (Å²) in [5.41, 5.74) is 22.8. The summed E-state index contributed by atoms with van der Waals surface area (Å²) in [7, 11) is 0. The van der Waals surface area contributed by atoms with Crippen LogP contribution in [0.15, 0.2) is 170 Å². The molecule has 0 unspecified atom stereocenters. The van der Waals surface area contributed by atoms with Gasteiger partial charge in [-0.15, -0.1) is 11.3 Å². The second-order valence-corrected chi connectivity index (χ2v) is 27.4. The third-order valence-corrected chi connectivity index (χ3v) is 16.7. The monoisotopic (exact) mass is 1000 g/mol. The fourth-order valence-corrected chi connectivity index (χ4v) is 12.1. The third kappa shape index (κ3) is 9.17. The first kappa shape index (κ1) is 50.3. The average Bonchev–Trinajstić information content (AvgIpc) is 3.81. The highest BCUT2D eigenvalue weighted by molar-refractivity contribution is 7.21. The average molecular weight is 1000 g/mol. The molecule has 0 bridgehead atoms. The van der Waals surface area contributed by atoms with E-state index in [9.17, 15) is 0 Å². The number of para-hydroxylation sites is 2. The highest BCUT2D eigenvalue weighted by Crippen LogP contribution is 2.50. The van der Waals surface area contributed by atoms with Gasteiger partial charge >= 0.3 is 0 Å². The van der Waals surface area contributed by atoms with Gasteiger partial charge in [-0.05, 0) is 156 Å². The Hall–Kier alpha value is -6.89. The predicted octanol–water partition coefficient (Wildman–Crippen LogP) is 18.0. The van der Waals surface area contributed by atoms with Crippen LogP contribution in [0.5, 0.6) is 0 Å². The molecular formula is C69H73BN4S. The zero-order valence-electron chi connectivity index (χ0n) is 46.9. The van der Waals surface area contributed by atoms with Gasteiger partial charge in [0.05, 0.1) is 10.2 Å². The van der Waals surface area contributed by atoms with E-state index in [0.29, 0.717) is 0 Å². The second kappa shape index (κ2) is 17.9. The summed E-state index contributed by atoms with van der Waals surface area (Å²) >= 11 is 1.80. The summed E-state index contributed by atoms with van der Waals surface area (Å²) in [6.45, 7) is 34.8. The molecule has 2 aliphatic rings. The van der Waals surface area contributed by atoms with E-state index < -0.39 is 0 Å². The molecule has 1 aromatic heterocycles. The number of rotatable bonds is 6. The SMILES string of the molecule is CC(C)(C)c1ccc(-c2nc3cc4c(cc3s2)N(c2cc(C(C)(C)C)cc(C(C)(C)C)c2)c2cc(C(C)(C)C)cc3c2B4c2ccc(N(c4ccccc4)c4ccccc4)cc2N3c2ccc(C(C)(C)C)cc2)cc1. The van der Waals surface area contributed by atoms with Gasteiger partial charge in [-0.2, -0.15) is 0 Å². The summed E-state index contributed by atoms with van der Waals surface area (Å²) in [6.07, 6.45) is 0. The molecule has 8 aromatic carbocycles. The van der Waals surface area contributed by atoms with Crippen molar-refractivity contribution in [2.24, 2.45) is 0 Å². The van der Waals surface area contributed by atoms with Gasteiger partial charge in [0, 0.05) is 56.7 Å². The molecule has 9 aromatic rings. The van der Waals surface area contributed by atoms with Crippen LogP contribution in [0.3, 0.4) is 0 Å². The molecule has 4 nitrogen and oxygen atoms in total. The van der Waals surface area contributed by atoms with Crippen LogP contribution in [0.25, 0.3) is 20.8 Å². The van der Waals surface area contributed by atoms with Crippen molar-refractivity contribution in [3.8, 4) is 10.6 Å². The number of benzene rings is 8. The van der Waals surface area contributed by atoms with Crippen molar-refractivity contribution in [3.05, 3.63) is 198 Å². The van der Waals surface area contributed by atoms with Crippen LogP contribution in [-0.4, -0.2) is 11.7 Å². The number of hydrogen-bond donors (Lipinski definition) is 0. The second-order valence-electron chi connectivity index (χ2n) is 26.3. The van der Waals surface area contributed by atoms with Crippen molar-refractivity contribution in [3.63, 3.8) is 0 Å². The number of hydrogen-bond acceptors (Lipinski definition) is 5. The molecule has 0 fully saturated rings. The Morgan fingerprint density at radius 1 is 0.387 bits per heavy atom. The van der Waals surface area contributed by atoms with Gasteiger partial charge in [0.2, 0.25) is 0 Å². The fraction of sp³-hybridized carbons (Fsp3) is 0.290. The van der Waals surface area contributed by atoms with Crippen molar-refractivity contribution in [1.82, 2.24) is 4.98 Å². The molecule has 0 saturated heterocycles. The normalized spacial score (nSPS) is 13.7. The van der Waals surface area contributed by atoms with E-state index in [-0.39, 0.29) is 33.8 Å². The molecule has 2 aliphatic heterocycles. The Morgan fingerprint density at radius 2 is 0.853 bits per heavy atom. The van der Waals surface area contributed by atoms with Gasteiger partial charge in [-0.3, -0.25) is 0 Å². The van der Waals surface area contributed by atoms with E-state index in [1.54, 1.807) is 11.3 Å². The minimum absolute atomic E-state index is 0.00225. The van der Waals surface area contributed by atoms with Crippen LogP contribution >= 0.6 is 11.3 Å². The standard InChI is InChI=1S/C69H73BN4S/c1-65(2,3)45-28-26-44(27-29-45)64-71-57-42-56-59(43-62(57)75-64)74(54-37-47(67(7,8)9)36-48(38-54)68(10,11)12)61-40-49(69(13,14)15)39-60-63(61)70(56)55-35-34-53(72(50-22-18-16-19-23-50)51-24-20-17-21-25-51)41-58(55)73(60)52-32-30-46(31-33-52)66(4,5)6/h16-43H,1-15H3. The molecule has 11 rings (SSSR count). The molecule has 3 heterocycles. The zero-order chi connectivity index (χ0) is 53.1. The lowest BCUT2D eigenvalue weighted by atomic mass is 9.33. The minimum Gasteiger partial charge on any atom is -0.311 e. The minimum atomic E-state index is -0.169. The Morgan fingerprint density at radius 3 is 1.36 bits per heavy atom. The van der Waals surface area contributed by atoms with Gasteiger partial charge in [-0.1, -0.05) is 189 Å². The van der Waals surface area contributed by atoms with Crippen LogP contribution in [0.2, 0.25) is 0 Å². The van der Waals surface area contributed by atoms with E-state index in [2.05, 4.69) is 288 Å². The van der Waals surface area contributed by atoms with Crippen LogP contribution in [0.1, 0.15) is 132 Å². The largest absolute Gasteiger partial charge is 0.311 e. The van der Waals surface area contributed by atoms with Gasteiger partial charge < -0.3 is 14.7 Å². The van der Waals surface area contributed by atoms with Crippen LogP contribution in [0, 0.1) is 0 Å². The van der Waals surface area contributed by atoms with E-state index in [0.717, 1.165) is 38.8 Å². The quantitative estimate of drug-likeness (QED) is 0.155. The molecular weight excluding hydrogens is 928 g/mol. The van der Waals surface area contributed by atoms with Crippen LogP contribution < -0.4 is 31.1 Å². The molecule has 0 N–H and O–H groups in total. The summed E-state index contributed by atoms with van der Waals surface area (Å²) in [4.78, 5) is 13.1. The van der Waals surface area contributed by atoms with Gasteiger partial charge in [0.25, 0.3) is 6.71 Å².